The highest BCUT2D eigenvalue weighted by molar-refractivity contribution is 6.08. The molecule has 0 aromatic heterocycles. The lowest BCUT2D eigenvalue weighted by Gasteiger charge is -2.25. The average Bonchev–Trinajstić information content (AvgIpc) is 2.97. The van der Waals surface area contributed by atoms with Crippen LogP contribution in [0.1, 0.15) is 38.7 Å². The standard InChI is InChI=1S/C24H22N2O2/c1-16-11-13-19(14-12-16)25-23(27)22-20-10-6-7-17(2)21(20)24(28)26(22)15-18-8-4-3-5-9-18/h3-14,22H,15H2,1-2H3,(H,25,27). The molecule has 1 heterocycles. The summed E-state index contributed by atoms with van der Waals surface area (Å²) in [6, 6.07) is 22.5. The summed E-state index contributed by atoms with van der Waals surface area (Å²) in [4.78, 5) is 28.1. The van der Waals surface area contributed by atoms with Crippen molar-refractivity contribution in [3.05, 3.63) is 101 Å². The van der Waals surface area contributed by atoms with Crippen LogP contribution in [0.5, 0.6) is 0 Å². The number of benzene rings is 3. The van der Waals surface area contributed by atoms with E-state index in [1.54, 1.807) is 4.90 Å². The monoisotopic (exact) mass is 370 g/mol. The summed E-state index contributed by atoms with van der Waals surface area (Å²) in [5, 5.41) is 2.97. The Morgan fingerprint density at radius 1 is 0.929 bits per heavy atom. The second kappa shape index (κ2) is 7.31. The van der Waals surface area contributed by atoms with Gasteiger partial charge in [-0.25, -0.2) is 0 Å². The van der Waals surface area contributed by atoms with Crippen LogP contribution in [0.3, 0.4) is 0 Å². The molecule has 140 valence electrons. The SMILES string of the molecule is Cc1ccc(NC(=O)C2c3cccc(C)c3C(=O)N2Cc2ccccc2)cc1. The number of carbonyl (C=O) groups is 2. The number of nitrogens with one attached hydrogen (secondary N) is 1. The summed E-state index contributed by atoms with van der Waals surface area (Å²) < 4.78 is 0. The molecule has 0 bridgehead atoms. The van der Waals surface area contributed by atoms with E-state index < -0.39 is 6.04 Å². The van der Waals surface area contributed by atoms with E-state index in [4.69, 9.17) is 0 Å². The van der Waals surface area contributed by atoms with Crippen LogP contribution in [-0.2, 0) is 11.3 Å². The molecule has 3 aromatic rings. The fourth-order valence-electron chi connectivity index (χ4n) is 3.71. The van der Waals surface area contributed by atoms with E-state index in [2.05, 4.69) is 5.32 Å². The number of nitrogens with zero attached hydrogens (tertiary/aromatic N) is 1. The molecule has 1 aliphatic rings. The van der Waals surface area contributed by atoms with Gasteiger partial charge in [0, 0.05) is 17.8 Å². The van der Waals surface area contributed by atoms with E-state index in [0.717, 1.165) is 27.9 Å². The number of fused-ring (bicyclic) bond motifs is 1. The maximum absolute atomic E-state index is 13.2. The van der Waals surface area contributed by atoms with Crippen molar-refractivity contribution >= 4 is 17.5 Å². The number of rotatable bonds is 4. The Bertz CT molecular complexity index is 1030. The predicted octanol–water partition coefficient (Wildman–Crippen LogP) is 4.64. The van der Waals surface area contributed by atoms with Gasteiger partial charge < -0.3 is 10.2 Å². The lowest BCUT2D eigenvalue weighted by atomic mass is 10.00. The molecule has 28 heavy (non-hydrogen) atoms. The van der Waals surface area contributed by atoms with Gasteiger partial charge in [0.2, 0.25) is 0 Å². The summed E-state index contributed by atoms with van der Waals surface area (Å²) in [6.45, 7) is 4.30. The Morgan fingerprint density at radius 2 is 1.64 bits per heavy atom. The smallest absolute Gasteiger partial charge is 0.255 e. The Morgan fingerprint density at radius 3 is 2.36 bits per heavy atom. The van der Waals surface area contributed by atoms with Crippen LogP contribution < -0.4 is 5.32 Å². The molecular weight excluding hydrogens is 348 g/mol. The number of carbonyl (C=O) groups excluding carboxylic acids is 2. The summed E-state index contributed by atoms with van der Waals surface area (Å²) in [5.74, 6) is -0.293. The second-order valence-corrected chi connectivity index (χ2v) is 7.22. The van der Waals surface area contributed by atoms with E-state index >= 15 is 0 Å². The summed E-state index contributed by atoms with van der Waals surface area (Å²) in [5.41, 5.74) is 5.15. The number of hydrogen-bond donors (Lipinski definition) is 1. The Hall–Kier alpha value is -3.40. The normalized spacial score (nSPS) is 15.4. The van der Waals surface area contributed by atoms with Crippen LogP contribution in [0, 0.1) is 13.8 Å². The predicted molar refractivity (Wildman–Crippen MR) is 110 cm³/mol. The maximum Gasteiger partial charge on any atom is 0.255 e. The largest absolute Gasteiger partial charge is 0.324 e. The first-order valence-electron chi connectivity index (χ1n) is 9.36. The highest BCUT2D eigenvalue weighted by Crippen LogP contribution is 2.37. The van der Waals surface area contributed by atoms with Gasteiger partial charge in [0.05, 0.1) is 0 Å². The lowest BCUT2D eigenvalue weighted by Crippen LogP contribution is -2.35. The first kappa shape index (κ1) is 18.0. The zero-order valence-corrected chi connectivity index (χ0v) is 16.0. The topological polar surface area (TPSA) is 49.4 Å². The molecular formula is C24H22N2O2. The van der Waals surface area contributed by atoms with Crippen molar-refractivity contribution in [3.8, 4) is 0 Å². The van der Waals surface area contributed by atoms with Crippen molar-refractivity contribution in [2.75, 3.05) is 5.32 Å². The molecule has 1 unspecified atom stereocenters. The molecule has 0 fully saturated rings. The van der Waals surface area contributed by atoms with Gasteiger partial charge in [-0.1, -0.05) is 66.2 Å². The summed E-state index contributed by atoms with van der Waals surface area (Å²) >= 11 is 0. The van der Waals surface area contributed by atoms with Crippen LogP contribution in [-0.4, -0.2) is 16.7 Å². The lowest BCUT2D eigenvalue weighted by molar-refractivity contribution is -0.120. The minimum atomic E-state index is -0.649. The molecule has 0 saturated heterocycles. The maximum atomic E-state index is 13.2. The van der Waals surface area contributed by atoms with Gasteiger partial charge in [-0.15, -0.1) is 0 Å². The van der Waals surface area contributed by atoms with Crippen molar-refractivity contribution in [2.24, 2.45) is 0 Å². The van der Waals surface area contributed by atoms with Gasteiger partial charge in [0.25, 0.3) is 11.8 Å². The van der Waals surface area contributed by atoms with E-state index in [0.29, 0.717) is 12.1 Å². The fourth-order valence-corrected chi connectivity index (χ4v) is 3.71. The molecule has 0 radical (unpaired) electrons. The molecule has 3 aromatic carbocycles. The number of aryl methyl sites for hydroxylation is 2. The first-order chi connectivity index (χ1) is 13.5. The van der Waals surface area contributed by atoms with Crippen LogP contribution in [0.2, 0.25) is 0 Å². The quantitative estimate of drug-likeness (QED) is 0.727. The van der Waals surface area contributed by atoms with E-state index in [1.165, 1.54) is 0 Å². The van der Waals surface area contributed by atoms with E-state index in [1.807, 2.05) is 86.6 Å². The Labute approximate surface area is 164 Å². The van der Waals surface area contributed by atoms with Crippen molar-refractivity contribution in [3.63, 3.8) is 0 Å². The zero-order valence-electron chi connectivity index (χ0n) is 16.0. The van der Waals surface area contributed by atoms with Gasteiger partial charge in [0.1, 0.15) is 6.04 Å². The van der Waals surface area contributed by atoms with Crippen LogP contribution >= 0.6 is 0 Å². The van der Waals surface area contributed by atoms with E-state index in [9.17, 15) is 9.59 Å². The Balaban J connectivity index is 1.70. The number of anilines is 1. The summed E-state index contributed by atoms with van der Waals surface area (Å²) in [7, 11) is 0. The van der Waals surface area contributed by atoms with Crippen molar-refractivity contribution in [2.45, 2.75) is 26.4 Å². The molecule has 4 heteroatoms. The highest BCUT2D eigenvalue weighted by Gasteiger charge is 2.41. The van der Waals surface area contributed by atoms with Gasteiger partial charge in [-0.05, 0) is 42.7 Å². The average molecular weight is 370 g/mol. The minimum Gasteiger partial charge on any atom is -0.324 e. The van der Waals surface area contributed by atoms with Gasteiger partial charge in [-0.3, -0.25) is 9.59 Å². The third-order valence-electron chi connectivity index (χ3n) is 5.15. The zero-order chi connectivity index (χ0) is 19.7. The third kappa shape index (κ3) is 3.29. The Kier molecular flexibility index (Phi) is 4.70. The molecule has 1 N–H and O–H groups in total. The molecule has 0 saturated carbocycles. The second-order valence-electron chi connectivity index (χ2n) is 7.22. The van der Waals surface area contributed by atoms with Gasteiger partial charge in [0.15, 0.2) is 0 Å². The van der Waals surface area contributed by atoms with Crippen molar-refractivity contribution in [1.82, 2.24) is 4.90 Å². The number of hydrogen-bond acceptors (Lipinski definition) is 2. The molecule has 0 aliphatic carbocycles. The van der Waals surface area contributed by atoms with Crippen molar-refractivity contribution in [1.29, 1.82) is 0 Å². The van der Waals surface area contributed by atoms with Crippen LogP contribution in [0.25, 0.3) is 0 Å². The fraction of sp³-hybridized carbons (Fsp3) is 0.167. The van der Waals surface area contributed by atoms with Gasteiger partial charge in [-0.2, -0.15) is 0 Å². The molecule has 0 spiro atoms. The number of amides is 2. The van der Waals surface area contributed by atoms with Crippen LogP contribution in [0.4, 0.5) is 5.69 Å². The molecule has 2 amide bonds. The van der Waals surface area contributed by atoms with Gasteiger partial charge >= 0.3 is 0 Å². The molecule has 4 rings (SSSR count). The molecule has 1 atom stereocenters. The molecule has 4 nitrogen and oxygen atoms in total. The van der Waals surface area contributed by atoms with Crippen molar-refractivity contribution < 1.29 is 9.59 Å². The highest BCUT2D eigenvalue weighted by atomic mass is 16.2. The first-order valence-corrected chi connectivity index (χ1v) is 9.36. The van der Waals surface area contributed by atoms with E-state index in [-0.39, 0.29) is 11.8 Å². The summed E-state index contributed by atoms with van der Waals surface area (Å²) in [6.07, 6.45) is 0. The molecule has 1 aliphatic heterocycles. The third-order valence-corrected chi connectivity index (χ3v) is 5.15. The van der Waals surface area contributed by atoms with Crippen LogP contribution in [0.15, 0.2) is 72.8 Å². The minimum absolute atomic E-state index is 0.0963.